The first kappa shape index (κ1) is 24.5. The van der Waals surface area contributed by atoms with E-state index in [0.717, 1.165) is 0 Å². The summed E-state index contributed by atoms with van der Waals surface area (Å²) in [5.41, 5.74) is 10.9. The van der Waals surface area contributed by atoms with Gasteiger partial charge in [-0.3, -0.25) is 9.59 Å². The van der Waals surface area contributed by atoms with Gasteiger partial charge in [-0.15, -0.1) is 0 Å². The van der Waals surface area contributed by atoms with Crippen LogP contribution in [0.3, 0.4) is 0 Å². The SMILES string of the molecule is COC(=O)[C@H](CSSC[C@H](NC(=O)[C@H](C)N)C(=O)OC)NC(=O)[C@H](C)N. The summed E-state index contributed by atoms with van der Waals surface area (Å²) < 4.78 is 9.29. The molecule has 0 spiro atoms. The van der Waals surface area contributed by atoms with Gasteiger partial charge in [0.1, 0.15) is 12.1 Å². The fourth-order valence-corrected chi connectivity index (χ4v) is 3.76. The lowest BCUT2D eigenvalue weighted by molar-refractivity contribution is -0.144. The van der Waals surface area contributed by atoms with Gasteiger partial charge >= 0.3 is 11.9 Å². The summed E-state index contributed by atoms with van der Waals surface area (Å²) in [7, 11) is 4.86. The van der Waals surface area contributed by atoms with E-state index in [4.69, 9.17) is 11.5 Å². The van der Waals surface area contributed by atoms with E-state index in [-0.39, 0.29) is 11.5 Å². The molecule has 150 valence electrons. The Balaban J connectivity index is 4.60. The molecule has 4 atom stereocenters. The van der Waals surface area contributed by atoms with Crippen LogP contribution in [0, 0.1) is 0 Å². The van der Waals surface area contributed by atoms with Gasteiger partial charge in [0.25, 0.3) is 0 Å². The molecule has 0 aromatic carbocycles. The maximum Gasteiger partial charge on any atom is 0.329 e. The lowest BCUT2D eigenvalue weighted by atomic mass is 10.3. The molecule has 2 amide bonds. The summed E-state index contributed by atoms with van der Waals surface area (Å²) in [6, 6.07) is -3.30. The first-order valence-corrected chi connectivity index (χ1v) is 10.1. The van der Waals surface area contributed by atoms with Gasteiger partial charge in [0.2, 0.25) is 11.8 Å². The predicted molar refractivity (Wildman–Crippen MR) is 100 cm³/mol. The third-order valence-corrected chi connectivity index (χ3v) is 5.41. The number of rotatable bonds is 11. The second kappa shape index (κ2) is 12.8. The minimum atomic E-state index is -0.883. The molecule has 0 unspecified atom stereocenters. The Kier molecular flexibility index (Phi) is 12.1. The van der Waals surface area contributed by atoms with Gasteiger partial charge in [-0.05, 0) is 13.8 Å². The summed E-state index contributed by atoms with van der Waals surface area (Å²) in [6.45, 7) is 2.99. The molecule has 6 N–H and O–H groups in total. The van der Waals surface area contributed by atoms with Gasteiger partial charge < -0.3 is 31.6 Å². The van der Waals surface area contributed by atoms with E-state index in [1.807, 2.05) is 0 Å². The maximum atomic E-state index is 11.7. The van der Waals surface area contributed by atoms with Gasteiger partial charge in [0, 0.05) is 11.5 Å². The number of carbonyl (C=O) groups is 4. The van der Waals surface area contributed by atoms with Crippen LogP contribution in [0.2, 0.25) is 0 Å². The van der Waals surface area contributed by atoms with Crippen LogP contribution in [0.4, 0.5) is 0 Å². The van der Waals surface area contributed by atoms with Crippen molar-refractivity contribution in [1.82, 2.24) is 10.6 Å². The number of amides is 2. The van der Waals surface area contributed by atoms with Crippen molar-refractivity contribution in [2.24, 2.45) is 11.5 Å². The minimum absolute atomic E-state index is 0.185. The molecule has 0 saturated carbocycles. The van der Waals surface area contributed by atoms with Gasteiger partial charge in [-0.25, -0.2) is 9.59 Å². The summed E-state index contributed by atoms with van der Waals surface area (Å²) in [4.78, 5) is 46.8. The molecular formula is C14H26N4O6S2. The normalized spacial score (nSPS) is 15.2. The molecule has 0 fully saturated rings. The first-order chi connectivity index (χ1) is 12.1. The van der Waals surface area contributed by atoms with Crippen molar-refractivity contribution < 1.29 is 28.7 Å². The topological polar surface area (TPSA) is 163 Å². The Morgan fingerprint density at radius 1 is 0.808 bits per heavy atom. The molecule has 0 heterocycles. The van der Waals surface area contributed by atoms with Crippen LogP contribution in [-0.4, -0.2) is 73.6 Å². The Labute approximate surface area is 160 Å². The predicted octanol–water partition coefficient (Wildman–Crippen LogP) is -1.62. The summed E-state index contributed by atoms with van der Waals surface area (Å²) in [6.07, 6.45) is 0. The molecule has 10 nitrogen and oxygen atoms in total. The zero-order valence-corrected chi connectivity index (χ0v) is 16.8. The third kappa shape index (κ3) is 9.27. The van der Waals surface area contributed by atoms with Gasteiger partial charge in [0.05, 0.1) is 26.3 Å². The smallest absolute Gasteiger partial charge is 0.329 e. The lowest BCUT2D eigenvalue weighted by Crippen LogP contribution is -2.49. The second-order valence-corrected chi connectivity index (χ2v) is 7.87. The van der Waals surface area contributed by atoms with Crippen molar-refractivity contribution in [2.75, 3.05) is 25.7 Å². The molecule has 0 rings (SSSR count). The molecular weight excluding hydrogens is 384 g/mol. The van der Waals surface area contributed by atoms with Crippen LogP contribution in [-0.2, 0) is 28.7 Å². The van der Waals surface area contributed by atoms with Crippen LogP contribution in [0.25, 0.3) is 0 Å². The fourth-order valence-electron chi connectivity index (χ4n) is 1.46. The van der Waals surface area contributed by atoms with E-state index >= 15 is 0 Å². The molecule has 26 heavy (non-hydrogen) atoms. The highest BCUT2D eigenvalue weighted by atomic mass is 33.1. The van der Waals surface area contributed by atoms with Crippen LogP contribution in [0.1, 0.15) is 13.8 Å². The number of ether oxygens (including phenoxy) is 2. The van der Waals surface area contributed by atoms with Crippen molar-refractivity contribution in [1.29, 1.82) is 0 Å². The zero-order chi connectivity index (χ0) is 20.3. The zero-order valence-electron chi connectivity index (χ0n) is 15.1. The molecule has 0 aliphatic heterocycles. The second-order valence-electron chi connectivity index (χ2n) is 5.32. The summed E-state index contributed by atoms with van der Waals surface area (Å²) in [5, 5.41) is 4.97. The highest BCUT2D eigenvalue weighted by Gasteiger charge is 2.25. The molecule has 0 aromatic rings. The number of methoxy groups -OCH3 is 2. The molecule has 0 aliphatic rings. The van der Waals surface area contributed by atoms with Gasteiger partial charge in [0.15, 0.2) is 0 Å². The van der Waals surface area contributed by atoms with Crippen LogP contribution >= 0.6 is 21.6 Å². The van der Waals surface area contributed by atoms with Crippen molar-refractivity contribution in [2.45, 2.75) is 38.0 Å². The first-order valence-electron chi connectivity index (χ1n) is 7.66. The van der Waals surface area contributed by atoms with E-state index in [0.29, 0.717) is 0 Å². The molecule has 0 aliphatic carbocycles. The largest absolute Gasteiger partial charge is 0.467 e. The standard InChI is InChI=1S/C14H26N4O6S2/c1-7(15)11(19)17-9(13(21)23-3)5-25-26-6-10(14(22)24-4)18-12(20)8(2)16/h7-10H,5-6,15-16H2,1-4H3,(H,17,19)(H,18,20)/t7-,8-,9-,10-/m0/s1. The monoisotopic (exact) mass is 410 g/mol. The van der Waals surface area contributed by atoms with Crippen LogP contribution < -0.4 is 22.1 Å². The number of hydrogen-bond donors (Lipinski definition) is 4. The Bertz CT molecular complexity index is 460. The van der Waals surface area contributed by atoms with E-state index < -0.39 is 47.9 Å². The van der Waals surface area contributed by atoms with E-state index in [2.05, 4.69) is 20.1 Å². The van der Waals surface area contributed by atoms with Crippen LogP contribution in [0.5, 0.6) is 0 Å². The van der Waals surface area contributed by atoms with Gasteiger partial charge in [-0.1, -0.05) is 21.6 Å². The number of nitrogens with one attached hydrogen (secondary N) is 2. The van der Waals surface area contributed by atoms with Crippen molar-refractivity contribution in [3.63, 3.8) is 0 Å². The van der Waals surface area contributed by atoms with Crippen molar-refractivity contribution in [3.05, 3.63) is 0 Å². The average molecular weight is 411 g/mol. The molecule has 0 saturated heterocycles. The third-order valence-electron chi connectivity index (χ3n) is 2.98. The average Bonchev–Trinajstić information content (AvgIpc) is 2.60. The molecule has 0 radical (unpaired) electrons. The molecule has 0 aromatic heterocycles. The fraction of sp³-hybridized carbons (Fsp3) is 0.714. The lowest BCUT2D eigenvalue weighted by Gasteiger charge is -2.19. The van der Waals surface area contributed by atoms with E-state index in [1.165, 1.54) is 49.7 Å². The summed E-state index contributed by atoms with van der Waals surface area (Å²) >= 11 is 0. The maximum absolute atomic E-state index is 11.7. The Hall–Kier alpha value is -1.50. The highest BCUT2D eigenvalue weighted by Crippen LogP contribution is 2.23. The number of esters is 2. The minimum Gasteiger partial charge on any atom is -0.467 e. The summed E-state index contributed by atoms with van der Waals surface area (Å²) in [5.74, 6) is -1.82. The van der Waals surface area contributed by atoms with Crippen molar-refractivity contribution >= 4 is 45.3 Å². The Morgan fingerprint density at radius 2 is 1.12 bits per heavy atom. The van der Waals surface area contributed by atoms with Crippen LogP contribution in [0.15, 0.2) is 0 Å². The Morgan fingerprint density at radius 3 is 1.35 bits per heavy atom. The molecule has 0 bridgehead atoms. The number of hydrogen-bond acceptors (Lipinski definition) is 10. The highest BCUT2D eigenvalue weighted by molar-refractivity contribution is 8.76. The van der Waals surface area contributed by atoms with Gasteiger partial charge in [-0.2, -0.15) is 0 Å². The van der Waals surface area contributed by atoms with Crippen molar-refractivity contribution in [3.8, 4) is 0 Å². The number of carbonyl (C=O) groups excluding carboxylic acids is 4. The van der Waals surface area contributed by atoms with E-state index in [1.54, 1.807) is 0 Å². The molecule has 12 heteroatoms. The quantitative estimate of drug-likeness (QED) is 0.177. The van der Waals surface area contributed by atoms with E-state index in [9.17, 15) is 19.2 Å². The number of nitrogens with two attached hydrogens (primary N) is 2.